The van der Waals surface area contributed by atoms with E-state index in [4.69, 9.17) is 16.3 Å². The number of alkyl halides is 3. The third-order valence-corrected chi connectivity index (χ3v) is 2.67. The van der Waals surface area contributed by atoms with Gasteiger partial charge in [0.1, 0.15) is 0 Å². The summed E-state index contributed by atoms with van der Waals surface area (Å²) in [5, 5.41) is -0.563. The molecule has 1 rings (SSSR count). The van der Waals surface area contributed by atoms with Crippen LogP contribution in [0, 0.1) is 0 Å². The number of carbonyl (C=O) groups is 1. The van der Waals surface area contributed by atoms with Crippen molar-refractivity contribution in [2.75, 3.05) is 13.7 Å². The number of halogens is 4. The van der Waals surface area contributed by atoms with Gasteiger partial charge in [-0.05, 0) is 30.7 Å². The zero-order chi connectivity index (χ0) is 15.3. The van der Waals surface area contributed by atoms with Gasteiger partial charge in [-0.3, -0.25) is 0 Å². The topological polar surface area (TPSA) is 35.5 Å². The van der Waals surface area contributed by atoms with Crippen molar-refractivity contribution in [3.63, 3.8) is 0 Å². The molecule has 0 saturated heterocycles. The summed E-state index contributed by atoms with van der Waals surface area (Å²) in [6.45, 7) is 2.07. The molecule has 110 valence electrons. The number of carbonyl (C=O) groups excluding carboxylic acids is 1. The third-order valence-electron chi connectivity index (χ3n) is 2.36. The summed E-state index contributed by atoms with van der Waals surface area (Å²) in [7, 11) is 1.13. The Hall–Kier alpha value is -1.69. The van der Waals surface area contributed by atoms with Gasteiger partial charge in [0.25, 0.3) is 0 Å². The van der Waals surface area contributed by atoms with E-state index in [1.807, 2.05) is 0 Å². The van der Waals surface area contributed by atoms with Crippen molar-refractivity contribution in [1.82, 2.24) is 0 Å². The first-order valence-corrected chi connectivity index (χ1v) is 5.96. The average molecular weight is 309 g/mol. The molecule has 0 radical (unpaired) electrons. The van der Waals surface area contributed by atoms with Crippen LogP contribution in [0.15, 0.2) is 18.4 Å². The lowest BCUT2D eigenvalue weighted by molar-refractivity contribution is -0.137. The van der Waals surface area contributed by atoms with Gasteiger partial charge in [0, 0.05) is 0 Å². The molecule has 0 atom stereocenters. The standard InChI is InChI=1S/C13H12ClF3O3/c1-3-20-5-4-8-6-10(13(15,16)17)11(14)7-9(8)12(18)19-2/h4-7H,3H2,1-2H3/b5-4+. The van der Waals surface area contributed by atoms with E-state index in [1.165, 1.54) is 12.3 Å². The highest BCUT2D eigenvalue weighted by atomic mass is 35.5. The first-order chi connectivity index (χ1) is 9.31. The fraction of sp³-hybridized carbons (Fsp3) is 0.308. The summed E-state index contributed by atoms with van der Waals surface area (Å²) in [5.41, 5.74) is -1.08. The summed E-state index contributed by atoms with van der Waals surface area (Å²) < 4.78 is 47.8. The molecule has 0 N–H and O–H groups in total. The van der Waals surface area contributed by atoms with E-state index in [9.17, 15) is 18.0 Å². The van der Waals surface area contributed by atoms with Gasteiger partial charge >= 0.3 is 12.1 Å². The summed E-state index contributed by atoms with van der Waals surface area (Å²) >= 11 is 5.57. The van der Waals surface area contributed by atoms with Crippen molar-refractivity contribution in [1.29, 1.82) is 0 Å². The van der Waals surface area contributed by atoms with E-state index in [2.05, 4.69) is 4.74 Å². The number of hydrogen-bond acceptors (Lipinski definition) is 3. The van der Waals surface area contributed by atoms with E-state index in [-0.39, 0.29) is 11.1 Å². The fourth-order valence-corrected chi connectivity index (χ4v) is 1.72. The second-order valence-electron chi connectivity index (χ2n) is 3.67. The Bertz CT molecular complexity index is 524. The highest BCUT2D eigenvalue weighted by Gasteiger charge is 2.34. The minimum Gasteiger partial charge on any atom is -0.501 e. The molecule has 1 aromatic rings. The molecule has 0 aromatic heterocycles. The van der Waals surface area contributed by atoms with Crippen molar-refractivity contribution in [2.24, 2.45) is 0 Å². The smallest absolute Gasteiger partial charge is 0.417 e. The van der Waals surface area contributed by atoms with Crippen LogP contribution in [0.25, 0.3) is 6.08 Å². The van der Waals surface area contributed by atoms with E-state index in [0.29, 0.717) is 6.61 Å². The van der Waals surface area contributed by atoms with E-state index in [1.54, 1.807) is 6.92 Å². The number of hydrogen-bond donors (Lipinski definition) is 0. The molecule has 0 aliphatic carbocycles. The van der Waals surface area contributed by atoms with Gasteiger partial charge in [-0.1, -0.05) is 11.6 Å². The number of methoxy groups -OCH3 is 1. The van der Waals surface area contributed by atoms with E-state index < -0.39 is 22.7 Å². The van der Waals surface area contributed by atoms with Gasteiger partial charge in [-0.2, -0.15) is 13.2 Å². The lowest BCUT2D eigenvalue weighted by atomic mass is 10.0. The Balaban J connectivity index is 3.38. The van der Waals surface area contributed by atoms with Crippen LogP contribution in [-0.2, 0) is 15.7 Å². The van der Waals surface area contributed by atoms with Gasteiger partial charge in [0.05, 0.1) is 36.1 Å². The third kappa shape index (κ3) is 3.90. The number of esters is 1. The molecule has 0 spiro atoms. The van der Waals surface area contributed by atoms with Gasteiger partial charge in [-0.15, -0.1) is 0 Å². The molecule has 20 heavy (non-hydrogen) atoms. The lowest BCUT2D eigenvalue weighted by Crippen LogP contribution is -2.10. The SMILES string of the molecule is CCO/C=C/c1cc(C(F)(F)F)c(Cl)cc1C(=O)OC. The monoisotopic (exact) mass is 308 g/mol. The van der Waals surface area contributed by atoms with Crippen LogP contribution < -0.4 is 0 Å². The van der Waals surface area contributed by atoms with Crippen molar-refractivity contribution < 1.29 is 27.4 Å². The molecule has 0 unspecified atom stereocenters. The Morgan fingerprint density at radius 3 is 2.55 bits per heavy atom. The first kappa shape index (κ1) is 16.4. The van der Waals surface area contributed by atoms with Crippen LogP contribution >= 0.6 is 11.6 Å². The molecule has 0 aliphatic rings. The Morgan fingerprint density at radius 1 is 1.40 bits per heavy atom. The summed E-state index contributed by atoms with van der Waals surface area (Å²) in [4.78, 5) is 11.5. The summed E-state index contributed by atoms with van der Waals surface area (Å²) in [6.07, 6.45) is -2.16. The number of rotatable bonds is 4. The van der Waals surface area contributed by atoms with Crippen LogP contribution in [0.1, 0.15) is 28.4 Å². The van der Waals surface area contributed by atoms with Crippen LogP contribution in [0.5, 0.6) is 0 Å². The van der Waals surface area contributed by atoms with Crippen molar-refractivity contribution in [2.45, 2.75) is 13.1 Å². The molecule has 0 heterocycles. The number of ether oxygens (including phenoxy) is 2. The first-order valence-electron chi connectivity index (χ1n) is 5.58. The second-order valence-corrected chi connectivity index (χ2v) is 4.07. The highest BCUT2D eigenvalue weighted by Crippen LogP contribution is 2.36. The fourth-order valence-electron chi connectivity index (χ4n) is 1.45. The van der Waals surface area contributed by atoms with Crippen molar-refractivity contribution in [3.05, 3.63) is 40.1 Å². The minimum absolute atomic E-state index is 0.0158. The molecule has 0 aliphatic heterocycles. The second kappa shape index (κ2) is 6.65. The maximum Gasteiger partial charge on any atom is 0.417 e. The molecule has 0 bridgehead atoms. The lowest BCUT2D eigenvalue weighted by Gasteiger charge is -2.12. The molecule has 0 amide bonds. The zero-order valence-corrected chi connectivity index (χ0v) is 11.5. The predicted octanol–water partition coefficient (Wildman–Crippen LogP) is 4.15. The maximum absolute atomic E-state index is 12.8. The Kier molecular flexibility index (Phi) is 5.44. The molecule has 1 aromatic carbocycles. The van der Waals surface area contributed by atoms with E-state index >= 15 is 0 Å². The molecule has 0 saturated carbocycles. The van der Waals surface area contributed by atoms with Gasteiger partial charge < -0.3 is 9.47 Å². The van der Waals surface area contributed by atoms with Crippen LogP contribution in [0.3, 0.4) is 0 Å². The molecule has 7 heteroatoms. The van der Waals surface area contributed by atoms with Crippen LogP contribution in [-0.4, -0.2) is 19.7 Å². The normalized spacial score (nSPS) is 11.7. The summed E-state index contributed by atoms with van der Waals surface area (Å²) in [5.74, 6) is -0.781. The van der Waals surface area contributed by atoms with Crippen LogP contribution in [0.2, 0.25) is 5.02 Å². The van der Waals surface area contributed by atoms with Gasteiger partial charge in [-0.25, -0.2) is 4.79 Å². The van der Waals surface area contributed by atoms with Gasteiger partial charge in [0.2, 0.25) is 0 Å². The van der Waals surface area contributed by atoms with Gasteiger partial charge in [0.15, 0.2) is 0 Å². The average Bonchev–Trinajstić information content (AvgIpc) is 2.38. The number of benzene rings is 1. The van der Waals surface area contributed by atoms with E-state index in [0.717, 1.165) is 19.2 Å². The predicted molar refractivity (Wildman–Crippen MR) is 68.5 cm³/mol. The Labute approximate surface area is 118 Å². The minimum atomic E-state index is -4.61. The zero-order valence-electron chi connectivity index (χ0n) is 10.8. The molecular weight excluding hydrogens is 297 g/mol. The highest BCUT2D eigenvalue weighted by molar-refractivity contribution is 6.32. The summed E-state index contributed by atoms with van der Waals surface area (Å²) in [6, 6.07) is 1.71. The molecule has 0 fully saturated rings. The molecule has 3 nitrogen and oxygen atoms in total. The quantitative estimate of drug-likeness (QED) is 0.619. The maximum atomic E-state index is 12.8. The largest absolute Gasteiger partial charge is 0.501 e. The van der Waals surface area contributed by atoms with Crippen molar-refractivity contribution >= 4 is 23.6 Å². The van der Waals surface area contributed by atoms with Crippen molar-refractivity contribution in [3.8, 4) is 0 Å². The molecular formula is C13H12ClF3O3. The Morgan fingerprint density at radius 2 is 2.05 bits per heavy atom. The van der Waals surface area contributed by atoms with Crippen LogP contribution in [0.4, 0.5) is 13.2 Å².